The topological polar surface area (TPSA) is 33.3 Å². The van der Waals surface area contributed by atoms with E-state index in [0.29, 0.717) is 6.04 Å². The second kappa shape index (κ2) is 6.58. The van der Waals surface area contributed by atoms with E-state index in [1.54, 1.807) is 0 Å². The maximum Gasteiger partial charge on any atom is 0.0469 e. The zero-order valence-corrected chi connectivity index (χ0v) is 10.5. The molecule has 2 aliphatic rings. The standard InChI is InChI=1S/C13H26N2O/c1-14-13(12-4-8-16-9-5-12)10-11-2-6-15-7-3-11/h11-15H,2-10H2,1H3. The van der Waals surface area contributed by atoms with Gasteiger partial charge in [0.2, 0.25) is 0 Å². The van der Waals surface area contributed by atoms with Gasteiger partial charge in [-0.2, -0.15) is 0 Å². The Morgan fingerprint density at radius 2 is 1.88 bits per heavy atom. The minimum absolute atomic E-state index is 0.715. The molecule has 94 valence electrons. The van der Waals surface area contributed by atoms with Gasteiger partial charge >= 0.3 is 0 Å². The average molecular weight is 226 g/mol. The van der Waals surface area contributed by atoms with Gasteiger partial charge in [-0.3, -0.25) is 0 Å². The zero-order chi connectivity index (χ0) is 11.2. The molecule has 1 atom stereocenters. The fraction of sp³-hybridized carbons (Fsp3) is 1.00. The minimum Gasteiger partial charge on any atom is -0.381 e. The van der Waals surface area contributed by atoms with Crippen molar-refractivity contribution in [2.75, 3.05) is 33.4 Å². The van der Waals surface area contributed by atoms with E-state index in [-0.39, 0.29) is 0 Å². The summed E-state index contributed by atoms with van der Waals surface area (Å²) < 4.78 is 5.45. The molecule has 0 amide bonds. The van der Waals surface area contributed by atoms with E-state index < -0.39 is 0 Å². The van der Waals surface area contributed by atoms with Crippen LogP contribution in [0.2, 0.25) is 0 Å². The molecule has 2 N–H and O–H groups in total. The van der Waals surface area contributed by atoms with Gasteiger partial charge < -0.3 is 15.4 Å². The van der Waals surface area contributed by atoms with Crippen LogP contribution in [0.5, 0.6) is 0 Å². The third-order valence-corrected chi connectivity index (χ3v) is 4.25. The maximum atomic E-state index is 5.45. The Balaban J connectivity index is 1.78. The van der Waals surface area contributed by atoms with Gasteiger partial charge in [0, 0.05) is 19.3 Å². The van der Waals surface area contributed by atoms with Crippen LogP contribution in [0.1, 0.15) is 32.1 Å². The molecule has 3 nitrogen and oxygen atoms in total. The van der Waals surface area contributed by atoms with Crippen LogP contribution in [-0.2, 0) is 4.74 Å². The SMILES string of the molecule is CNC(CC1CCNCC1)C1CCOCC1. The lowest BCUT2D eigenvalue weighted by molar-refractivity contribution is 0.0504. The lowest BCUT2D eigenvalue weighted by Crippen LogP contribution is -2.40. The highest BCUT2D eigenvalue weighted by atomic mass is 16.5. The van der Waals surface area contributed by atoms with Gasteiger partial charge in [-0.25, -0.2) is 0 Å². The smallest absolute Gasteiger partial charge is 0.0469 e. The summed E-state index contributed by atoms with van der Waals surface area (Å²) in [4.78, 5) is 0. The van der Waals surface area contributed by atoms with E-state index in [4.69, 9.17) is 4.74 Å². The first-order chi connectivity index (χ1) is 7.90. The Morgan fingerprint density at radius 3 is 2.50 bits per heavy atom. The van der Waals surface area contributed by atoms with Crippen LogP contribution in [0, 0.1) is 11.8 Å². The van der Waals surface area contributed by atoms with E-state index in [0.717, 1.165) is 25.0 Å². The van der Waals surface area contributed by atoms with Crippen LogP contribution < -0.4 is 10.6 Å². The third kappa shape index (κ3) is 3.44. The average Bonchev–Trinajstić information content (AvgIpc) is 2.38. The van der Waals surface area contributed by atoms with Crippen molar-refractivity contribution in [3.8, 4) is 0 Å². The molecule has 2 saturated heterocycles. The Hall–Kier alpha value is -0.120. The summed E-state index contributed by atoms with van der Waals surface area (Å²) in [5.74, 6) is 1.77. The molecule has 2 heterocycles. The highest BCUT2D eigenvalue weighted by molar-refractivity contribution is 4.81. The molecule has 0 spiro atoms. The minimum atomic E-state index is 0.715. The monoisotopic (exact) mass is 226 g/mol. The normalized spacial score (nSPS) is 26.8. The first-order valence-electron chi connectivity index (χ1n) is 6.86. The molecular weight excluding hydrogens is 200 g/mol. The summed E-state index contributed by atoms with van der Waals surface area (Å²) in [6.45, 7) is 4.37. The van der Waals surface area contributed by atoms with E-state index in [1.165, 1.54) is 45.2 Å². The Morgan fingerprint density at radius 1 is 1.19 bits per heavy atom. The lowest BCUT2D eigenvalue weighted by atomic mass is 9.83. The van der Waals surface area contributed by atoms with Crippen LogP contribution in [0.25, 0.3) is 0 Å². The van der Waals surface area contributed by atoms with E-state index in [2.05, 4.69) is 17.7 Å². The summed E-state index contributed by atoms with van der Waals surface area (Å²) in [6, 6.07) is 0.715. The molecule has 0 saturated carbocycles. The molecule has 2 aliphatic heterocycles. The Labute approximate surface area is 99.3 Å². The van der Waals surface area contributed by atoms with Crippen molar-refractivity contribution >= 4 is 0 Å². The second-order valence-corrected chi connectivity index (χ2v) is 5.27. The van der Waals surface area contributed by atoms with Crippen LogP contribution in [0.3, 0.4) is 0 Å². The number of rotatable bonds is 4. The van der Waals surface area contributed by atoms with Crippen molar-refractivity contribution in [1.29, 1.82) is 0 Å². The van der Waals surface area contributed by atoms with Crippen molar-refractivity contribution in [3.05, 3.63) is 0 Å². The first kappa shape index (κ1) is 12.3. The zero-order valence-electron chi connectivity index (χ0n) is 10.5. The summed E-state index contributed by atoms with van der Waals surface area (Å²) in [5.41, 5.74) is 0. The van der Waals surface area contributed by atoms with Crippen LogP contribution >= 0.6 is 0 Å². The molecule has 2 fully saturated rings. The molecule has 0 aromatic heterocycles. The molecule has 0 radical (unpaired) electrons. The molecule has 0 aromatic rings. The number of nitrogens with one attached hydrogen (secondary N) is 2. The summed E-state index contributed by atoms with van der Waals surface area (Å²) >= 11 is 0. The van der Waals surface area contributed by atoms with Gasteiger partial charge in [0.15, 0.2) is 0 Å². The fourth-order valence-corrected chi connectivity index (χ4v) is 3.14. The van der Waals surface area contributed by atoms with Crippen LogP contribution in [-0.4, -0.2) is 39.4 Å². The molecule has 2 rings (SSSR count). The quantitative estimate of drug-likeness (QED) is 0.760. The second-order valence-electron chi connectivity index (χ2n) is 5.27. The maximum absolute atomic E-state index is 5.45. The fourth-order valence-electron chi connectivity index (χ4n) is 3.14. The van der Waals surface area contributed by atoms with Crippen molar-refractivity contribution < 1.29 is 4.74 Å². The van der Waals surface area contributed by atoms with E-state index in [9.17, 15) is 0 Å². The third-order valence-electron chi connectivity index (χ3n) is 4.25. The number of hydrogen-bond donors (Lipinski definition) is 2. The molecule has 3 heteroatoms. The van der Waals surface area contributed by atoms with Crippen molar-refractivity contribution in [2.24, 2.45) is 11.8 Å². The van der Waals surface area contributed by atoms with Crippen molar-refractivity contribution in [3.63, 3.8) is 0 Å². The predicted molar refractivity (Wildman–Crippen MR) is 66.6 cm³/mol. The largest absolute Gasteiger partial charge is 0.381 e. The van der Waals surface area contributed by atoms with E-state index >= 15 is 0 Å². The molecule has 1 unspecified atom stereocenters. The van der Waals surface area contributed by atoms with Gasteiger partial charge in [0.25, 0.3) is 0 Å². The highest BCUT2D eigenvalue weighted by Crippen LogP contribution is 2.26. The van der Waals surface area contributed by atoms with Crippen molar-refractivity contribution in [2.45, 2.75) is 38.1 Å². The van der Waals surface area contributed by atoms with Gasteiger partial charge in [0.1, 0.15) is 0 Å². The molecule has 0 bridgehead atoms. The molecular formula is C13H26N2O. The van der Waals surface area contributed by atoms with Crippen LogP contribution in [0.15, 0.2) is 0 Å². The summed E-state index contributed by atoms with van der Waals surface area (Å²) in [7, 11) is 2.13. The molecule has 0 aromatic carbocycles. The highest BCUT2D eigenvalue weighted by Gasteiger charge is 2.26. The Bertz CT molecular complexity index is 186. The number of piperidine rings is 1. The van der Waals surface area contributed by atoms with Gasteiger partial charge in [-0.05, 0) is 64.1 Å². The predicted octanol–water partition coefficient (Wildman–Crippen LogP) is 1.39. The summed E-state index contributed by atoms with van der Waals surface area (Å²) in [5, 5.41) is 6.99. The summed E-state index contributed by atoms with van der Waals surface area (Å²) in [6.07, 6.45) is 6.58. The van der Waals surface area contributed by atoms with Gasteiger partial charge in [-0.1, -0.05) is 0 Å². The number of hydrogen-bond acceptors (Lipinski definition) is 3. The Kier molecular flexibility index (Phi) is 5.07. The van der Waals surface area contributed by atoms with E-state index in [1.807, 2.05) is 0 Å². The van der Waals surface area contributed by atoms with Crippen LogP contribution in [0.4, 0.5) is 0 Å². The number of ether oxygens (including phenoxy) is 1. The molecule has 0 aliphatic carbocycles. The van der Waals surface area contributed by atoms with Gasteiger partial charge in [-0.15, -0.1) is 0 Å². The first-order valence-corrected chi connectivity index (χ1v) is 6.86. The molecule has 16 heavy (non-hydrogen) atoms. The lowest BCUT2D eigenvalue weighted by Gasteiger charge is -2.34. The van der Waals surface area contributed by atoms with Crippen molar-refractivity contribution in [1.82, 2.24) is 10.6 Å². The van der Waals surface area contributed by atoms with Gasteiger partial charge in [0.05, 0.1) is 0 Å².